The van der Waals surface area contributed by atoms with Gasteiger partial charge in [-0.25, -0.2) is 0 Å². The molecule has 0 aromatic heterocycles. The Labute approximate surface area is 195 Å². The van der Waals surface area contributed by atoms with Crippen LogP contribution in [0.2, 0.25) is 39.3 Å². The van der Waals surface area contributed by atoms with Crippen molar-refractivity contribution in [2.75, 3.05) is 13.9 Å². The van der Waals surface area contributed by atoms with Crippen molar-refractivity contribution in [3.05, 3.63) is 0 Å². The molecule has 0 amide bonds. The largest absolute Gasteiger partial charge is 0.393 e. The lowest BCUT2D eigenvalue weighted by Gasteiger charge is -2.14. The molecule has 0 aliphatic carbocycles. The first-order chi connectivity index (χ1) is 14.4. The van der Waals surface area contributed by atoms with Gasteiger partial charge in [-0.15, -0.1) is 47.6 Å². The molecule has 0 spiro atoms. The number of aliphatic hydroxyl groups is 1. The first-order valence-corrected chi connectivity index (χ1v) is 18.1. The van der Waals surface area contributed by atoms with Gasteiger partial charge in [0.25, 0.3) is 0 Å². The molecule has 0 atom stereocenters. The molecule has 0 aliphatic rings. The molecule has 174 valence electrons. The predicted molar refractivity (Wildman–Crippen MR) is 140 cm³/mol. The molecule has 0 aliphatic heterocycles. The summed E-state index contributed by atoms with van der Waals surface area (Å²) in [5.74, 6) is 11.5. The van der Waals surface area contributed by atoms with Crippen molar-refractivity contribution in [3.8, 4) is 47.6 Å². The molecular weight excluding hydrogens is 416 g/mol. The van der Waals surface area contributed by atoms with E-state index in [0.29, 0.717) is 6.79 Å². The van der Waals surface area contributed by atoms with Gasteiger partial charge in [0.15, 0.2) is 0 Å². The van der Waals surface area contributed by atoms with Crippen molar-refractivity contribution in [2.24, 2.45) is 0 Å². The van der Waals surface area contributed by atoms with Gasteiger partial charge in [0.05, 0.1) is 12.2 Å². The average molecular weight is 461 g/mol. The van der Waals surface area contributed by atoms with Gasteiger partial charge in [-0.1, -0.05) is 39.3 Å². The van der Waals surface area contributed by atoms with Crippen LogP contribution in [0.25, 0.3) is 0 Å². The van der Waals surface area contributed by atoms with Gasteiger partial charge in [0, 0.05) is 32.8 Å². The molecular formula is C26H44O3Si2. The highest BCUT2D eigenvalue weighted by atomic mass is 28.3. The zero-order chi connectivity index (χ0) is 24.2. The van der Waals surface area contributed by atoms with Gasteiger partial charge < -0.3 is 14.6 Å². The van der Waals surface area contributed by atoms with E-state index in [1.165, 1.54) is 0 Å². The number of ether oxygens (including phenoxy) is 2. The van der Waals surface area contributed by atoms with Crippen LogP contribution < -0.4 is 0 Å². The molecule has 0 aromatic rings. The summed E-state index contributed by atoms with van der Waals surface area (Å²) in [6.07, 6.45) is 16.5. The minimum atomic E-state index is -1.24. The summed E-state index contributed by atoms with van der Waals surface area (Å²) in [5, 5.41) is 9.80. The summed E-state index contributed by atoms with van der Waals surface area (Å²) in [6.45, 7) is 13.7. The Hall–Kier alpha value is -1.45. The molecule has 0 aromatic carbocycles. The van der Waals surface area contributed by atoms with E-state index in [4.69, 9.17) is 22.3 Å². The first kappa shape index (κ1) is 31.7. The van der Waals surface area contributed by atoms with E-state index in [1.807, 2.05) is 0 Å². The summed E-state index contributed by atoms with van der Waals surface area (Å²) < 4.78 is 10.2. The van der Waals surface area contributed by atoms with Gasteiger partial charge in [-0.05, 0) is 25.7 Å². The zero-order valence-electron chi connectivity index (χ0n) is 20.9. The summed E-state index contributed by atoms with van der Waals surface area (Å²) in [4.78, 5) is 0. The molecule has 0 saturated carbocycles. The monoisotopic (exact) mass is 460 g/mol. The lowest BCUT2D eigenvalue weighted by molar-refractivity contribution is -0.0754. The van der Waals surface area contributed by atoms with Crippen LogP contribution in [0.4, 0.5) is 0 Å². The average Bonchev–Trinajstić information content (AvgIpc) is 2.67. The fourth-order valence-electron chi connectivity index (χ4n) is 2.24. The SMILES string of the molecule is C#CCCC(CCC#C)OCOC.C[Si](C)(C)C#CCCC(O)CCC#C[Si](C)(C)C. The lowest BCUT2D eigenvalue weighted by atomic mass is 10.1. The second-order valence-electron chi connectivity index (χ2n) is 9.52. The van der Waals surface area contributed by atoms with Crippen molar-refractivity contribution >= 4 is 16.1 Å². The van der Waals surface area contributed by atoms with Crippen LogP contribution in [0.1, 0.15) is 51.4 Å². The van der Waals surface area contributed by atoms with E-state index < -0.39 is 16.1 Å². The summed E-state index contributed by atoms with van der Waals surface area (Å²) in [5.41, 5.74) is 6.64. The summed E-state index contributed by atoms with van der Waals surface area (Å²) in [7, 11) is -0.887. The van der Waals surface area contributed by atoms with Crippen molar-refractivity contribution in [1.29, 1.82) is 0 Å². The van der Waals surface area contributed by atoms with E-state index in [9.17, 15) is 5.11 Å². The minimum absolute atomic E-state index is 0.132. The Morgan fingerprint density at radius 2 is 1.16 bits per heavy atom. The molecule has 0 bridgehead atoms. The van der Waals surface area contributed by atoms with Crippen molar-refractivity contribution in [3.63, 3.8) is 0 Å². The highest BCUT2D eigenvalue weighted by molar-refractivity contribution is 6.84. The van der Waals surface area contributed by atoms with Crippen molar-refractivity contribution in [2.45, 2.75) is 103 Å². The van der Waals surface area contributed by atoms with Crippen molar-refractivity contribution < 1.29 is 14.6 Å². The van der Waals surface area contributed by atoms with Gasteiger partial charge in [0.1, 0.15) is 22.9 Å². The Morgan fingerprint density at radius 3 is 1.48 bits per heavy atom. The number of hydrogen-bond acceptors (Lipinski definition) is 3. The molecule has 0 rings (SSSR count). The zero-order valence-corrected chi connectivity index (χ0v) is 22.9. The fourth-order valence-corrected chi connectivity index (χ4v) is 3.55. The quantitative estimate of drug-likeness (QED) is 0.252. The number of methoxy groups -OCH3 is 1. The summed E-state index contributed by atoms with van der Waals surface area (Å²) in [6, 6.07) is 0. The van der Waals surface area contributed by atoms with Gasteiger partial charge in [-0.2, -0.15) is 0 Å². The minimum Gasteiger partial charge on any atom is -0.393 e. The standard InChI is InChI=1S/C15H28OSi2.C11H16O2/c1-17(2,3)13-9-7-11-15(16)12-8-10-14-18(4,5)6;1-4-6-8-11(9-7-5-2)13-10-12-3/h15-16H,7-8,11-12H2,1-6H3;1-2,11H,6-10H2,3H3. The molecule has 1 N–H and O–H groups in total. The maximum atomic E-state index is 9.80. The van der Waals surface area contributed by atoms with E-state index in [1.54, 1.807) is 7.11 Å². The molecule has 0 fully saturated rings. The second kappa shape index (κ2) is 19.3. The third-order valence-electron chi connectivity index (χ3n) is 3.77. The van der Waals surface area contributed by atoms with Crippen LogP contribution in [-0.2, 0) is 9.47 Å². The van der Waals surface area contributed by atoms with Crippen LogP contribution in [0.3, 0.4) is 0 Å². The third kappa shape index (κ3) is 28.6. The van der Waals surface area contributed by atoms with E-state index in [0.717, 1.165) is 51.4 Å². The highest BCUT2D eigenvalue weighted by Gasteiger charge is 2.09. The Kier molecular flexibility index (Phi) is 19.7. The number of terminal acetylenes is 2. The van der Waals surface area contributed by atoms with Crippen LogP contribution >= 0.6 is 0 Å². The third-order valence-corrected chi connectivity index (χ3v) is 5.63. The molecule has 5 heteroatoms. The maximum Gasteiger partial charge on any atom is 0.146 e. The lowest BCUT2D eigenvalue weighted by Crippen LogP contribution is -2.16. The fraction of sp³-hybridized carbons (Fsp3) is 0.692. The molecule has 3 nitrogen and oxygen atoms in total. The van der Waals surface area contributed by atoms with Gasteiger partial charge in [-0.3, -0.25) is 0 Å². The molecule has 0 saturated heterocycles. The summed E-state index contributed by atoms with van der Waals surface area (Å²) >= 11 is 0. The molecule has 0 radical (unpaired) electrons. The second-order valence-corrected chi connectivity index (χ2v) is 19.0. The Morgan fingerprint density at radius 1 is 0.742 bits per heavy atom. The normalized spacial score (nSPS) is 10.7. The smallest absolute Gasteiger partial charge is 0.146 e. The van der Waals surface area contributed by atoms with E-state index >= 15 is 0 Å². The van der Waals surface area contributed by atoms with Crippen LogP contribution in [0, 0.1) is 47.6 Å². The van der Waals surface area contributed by atoms with Crippen molar-refractivity contribution in [1.82, 2.24) is 0 Å². The Bertz CT molecular complexity index is 598. The van der Waals surface area contributed by atoms with Gasteiger partial charge >= 0.3 is 0 Å². The van der Waals surface area contributed by atoms with Gasteiger partial charge in [0.2, 0.25) is 0 Å². The highest BCUT2D eigenvalue weighted by Crippen LogP contribution is 2.09. The van der Waals surface area contributed by atoms with Crippen LogP contribution in [0.5, 0.6) is 0 Å². The van der Waals surface area contributed by atoms with E-state index in [2.05, 4.69) is 74.1 Å². The maximum absolute atomic E-state index is 9.80. The Balaban J connectivity index is 0. The molecule has 0 heterocycles. The first-order valence-electron chi connectivity index (χ1n) is 11.1. The van der Waals surface area contributed by atoms with Crippen LogP contribution in [-0.4, -0.2) is 47.4 Å². The predicted octanol–water partition coefficient (Wildman–Crippen LogP) is 5.47. The topological polar surface area (TPSA) is 38.7 Å². The number of hydrogen-bond donors (Lipinski definition) is 1. The number of aliphatic hydroxyl groups excluding tert-OH is 1. The molecule has 0 unspecified atom stereocenters. The number of rotatable bonds is 11. The van der Waals surface area contributed by atoms with E-state index in [-0.39, 0.29) is 12.2 Å². The molecule has 31 heavy (non-hydrogen) atoms. The van der Waals surface area contributed by atoms with Crippen LogP contribution in [0.15, 0.2) is 0 Å².